The average molecular weight is 407 g/mol. The average Bonchev–Trinajstić information content (AvgIpc) is 2.89. The van der Waals surface area contributed by atoms with Crippen LogP contribution in [0.4, 0.5) is 0 Å². The first kappa shape index (κ1) is 24.4. The molecule has 0 N–H and O–H groups in total. The summed E-state index contributed by atoms with van der Waals surface area (Å²) >= 11 is 0. The van der Waals surface area contributed by atoms with Crippen LogP contribution in [0, 0.1) is 0 Å². The predicted molar refractivity (Wildman–Crippen MR) is 113 cm³/mol. The Kier molecular flexibility index (Phi) is 7.06. The molecule has 0 aromatic carbocycles. The van der Waals surface area contributed by atoms with Crippen LogP contribution < -0.4 is 5.11 Å². The van der Waals surface area contributed by atoms with Crippen molar-refractivity contribution in [1.29, 1.82) is 0 Å². The molecular formula is C21H37B2O6-. The van der Waals surface area contributed by atoms with Gasteiger partial charge in [0.05, 0.1) is 28.4 Å². The van der Waals surface area contributed by atoms with Gasteiger partial charge in [0.2, 0.25) is 0 Å². The van der Waals surface area contributed by atoms with Crippen molar-refractivity contribution >= 4 is 20.2 Å². The minimum absolute atomic E-state index is 0.00125. The number of aliphatic carboxylic acids is 1. The van der Waals surface area contributed by atoms with Gasteiger partial charge in [-0.2, -0.15) is 0 Å². The lowest BCUT2D eigenvalue weighted by atomic mass is 9.63. The highest BCUT2D eigenvalue weighted by atomic mass is 16.7. The number of unbranched alkanes of at least 4 members (excludes halogenated alkanes) is 3. The Morgan fingerprint density at radius 1 is 0.724 bits per heavy atom. The van der Waals surface area contributed by atoms with E-state index in [0.717, 1.165) is 25.7 Å². The maximum absolute atomic E-state index is 12.3. The monoisotopic (exact) mass is 407 g/mol. The Morgan fingerprint density at radius 2 is 1.14 bits per heavy atom. The van der Waals surface area contributed by atoms with Gasteiger partial charge in [-0.05, 0) is 67.3 Å². The van der Waals surface area contributed by atoms with Crippen molar-refractivity contribution in [2.24, 2.45) is 0 Å². The number of carboxylic acid groups (broad SMARTS) is 1. The van der Waals surface area contributed by atoms with Crippen molar-refractivity contribution < 1.29 is 28.5 Å². The Bertz CT molecular complexity index is 622. The molecule has 8 heteroatoms. The van der Waals surface area contributed by atoms with Gasteiger partial charge in [-0.25, -0.2) is 0 Å². The van der Waals surface area contributed by atoms with E-state index >= 15 is 0 Å². The number of carboxylic acids is 1. The lowest BCUT2D eigenvalue weighted by Crippen LogP contribution is -2.41. The molecule has 6 nitrogen and oxygen atoms in total. The summed E-state index contributed by atoms with van der Waals surface area (Å²) < 4.78 is 24.5. The molecule has 0 aromatic heterocycles. The third-order valence-corrected chi connectivity index (χ3v) is 6.89. The fourth-order valence-corrected chi connectivity index (χ4v) is 3.45. The van der Waals surface area contributed by atoms with Crippen molar-refractivity contribution in [2.75, 3.05) is 0 Å². The number of hydrogen-bond donors (Lipinski definition) is 0. The second kappa shape index (κ2) is 8.37. The third-order valence-electron chi connectivity index (χ3n) is 6.89. The second-order valence-corrected chi connectivity index (χ2v) is 10.2. The van der Waals surface area contributed by atoms with E-state index in [1.54, 1.807) is 0 Å². The predicted octanol–water partition coefficient (Wildman–Crippen LogP) is 3.27. The maximum Gasteiger partial charge on any atom is 0.496 e. The smallest absolute Gasteiger partial charge is 0.496 e. The number of carbonyl (C=O) groups excluding carboxylic acids is 1. The number of carbonyl (C=O) groups is 1. The van der Waals surface area contributed by atoms with Crippen LogP contribution in [0.3, 0.4) is 0 Å². The summed E-state index contributed by atoms with van der Waals surface area (Å²) in [6.07, 6.45) is 4.56. The van der Waals surface area contributed by atoms with E-state index in [4.69, 9.17) is 18.6 Å². The first-order valence-electron chi connectivity index (χ1n) is 10.8. The molecule has 2 heterocycles. The number of rotatable bonds is 8. The Morgan fingerprint density at radius 3 is 1.52 bits per heavy atom. The van der Waals surface area contributed by atoms with Gasteiger partial charge in [-0.3, -0.25) is 0 Å². The molecule has 0 aliphatic carbocycles. The molecule has 2 aliphatic rings. The van der Waals surface area contributed by atoms with Gasteiger partial charge in [-0.15, -0.1) is 0 Å². The van der Waals surface area contributed by atoms with Crippen molar-refractivity contribution in [3.8, 4) is 0 Å². The molecule has 0 atom stereocenters. The van der Waals surface area contributed by atoms with Crippen molar-refractivity contribution in [3.63, 3.8) is 0 Å². The molecule has 0 saturated carbocycles. The highest BCUT2D eigenvalue weighted by molar-refractivity contribution is 6.67. The minimum atomic E-state index is -1.30. The Balaban J connectivity index is 2.45. The first-order chi connectivity index (χ1) is 13.2. The highest BCUT2D eigenvalue weighted by Crippen LogP contribution is 2.43. The van der Waals surface area contributed by atoms with E-state index in [2.05, 4.69) is 6.92 Å². The third kappa shape index (κ3) is 4.92. The van der Waals surface area contributed by atoms with E-state index in [1.807, 2.05) is 55.4 Å². The van der Waals surface area contributed by atoms with Gasteiger partial charge in [-0.1, -0.05) is 32.6 Å². The van der Waals surface area contributed by atoms with Crippen molar-refractivity contribution in [1.82, 2.24) is 0 Å². The number of hydrogen-bond acceptors (Lipinski definition) is 6. The summed E-state index contributed by atoms with van der Waals surface area (Å²) in [5, 5.41) is 12.3. The maximum atomic E-state index is 12.3. The first-order valence-corrected chi connectivity index (χ1v) is 10.8. The number of allylic oxidation sites excluding steroid dienone is 1. The van der Waals surface area contributed by atoms with Crippen LogP contribution in [0.1, 0.15) is 94.4 Å². The summed E-state index contributed by atoms with van der Waals surface area (Å²) in [5.74, 6) is -1.30. The van der Waals surface area contributed by atoms with Crippen LogP contribution in [0.2, 0.25) is 0 Å². The molecule has 2 rings (SSSR count). The standard InChI is InChI=1S/C21H38B2O6/c1-10-11-12-13-14-15(22-26-18(2,3)19(4,5)27-22)16(17(24)25)23-28-20(6,7)21(8,9)29-23/h10-14H2,1-9H3,(H,24,25)/p-1/b16-15-. The quantitative estimate of drug-likeness (QED) is 0.349. The Labute approximate surface area is 177 Å². The van der Waals surface area contributed by atoms with Gasteiger partial charge in [0, 0.05) is 5.47 Å². The minimum Gasteiger partial charge on any atom is -0.546 e. The van der Waals surface area contributed by atoms with E-state index in [1.165, 1.54) is 0 Å². The molecule has 0 unspecified atom stereocenters. The lowest BCUT2D eigenvalue weighted by Gasteiger charge is -2.32. The van der Waals surface area contributed by atoms with Crippen LogP contribution in [0.25, 0.3) is 0 Å². The molecule has 2 fully saturated rings. The van der Waals surface area contributed by atoms with Crippen LogP contribution in [0.5, 0.6) is 0 Å². The largest absolute Gasteiger partial charge is 0.546 e. The van der Waals surface area contributed by atoms with E-state index < -0.39 is 42.6 Å². The second-order valence-electron chi connectivity index (χ2n) is 10.2. The molecule has 0 bridgehead atoms. The summed E-state index contributed by atoms with van der Waals surface area (Å²) in [4.78, 5) is 12.3. The molecule has 0 amide bonds. The van der Waals surface area contributed by atoms with Gasteiger partial charge >= 0.3 is 14.2 Å². The Hall–Kier alpha value is -0.820. The highest BCUT2D eigenvalue weighted by Gasteiger charge is 2.56. The van der Waals surface area contributed by atoms with Crippen molar-refractivity contribution in [2.45, 2.75) is 117 Å². The zero-order valence-electron chi connectivity index (χ0n) is 19.6. The summed E-state index contributed by atoms with van der Waals surface area (Å²) in [6.45, 7) is 17.5. The zero-order chi connectivity index (χ0) is 22.3. The molecule has 0 radical (unpaired) electrons. The van der Waals surface area contributed by atoms with Gasteiger partial charge in [0.15, 0.2) is 0 Å². The molecule has 0 aromatic rings. The molecular weight excluding hydrogens is 370 g/mol. The van der Waals surface area contributed by atoms with Gasteiger partial charge in [0.25, 0.3) is 0 Å². The fourth-order valence-electron chi connectivity index (χ4n) is 3.45. The summed E-state index contributed by atoms with van der Waals surface area (Å²) in [6, 6.07) is 0. The molecule has 29 heavy (non-hydrogen) atoms. The molecule has 0 spiro atoms. The fraction of sp³-hybridized carbons (Fsp3) is 0.857. The molecule has 164 valence electrons. The van der Waals surface area contributed by atoms with Crippen LogP contribution >= 0.6 is 0 Å². The van der Waals surface area contributed by atoms with E-state index in [9.17, 15) is 9.90 Å². The van der Waals surface area contributed by atoms with Crippen LogP contribution in [0.15, 0.2) is 10.9 Å². The lowest BCUT2D eigenvalue weighted by molar-refractivity contribution is -0.298. The van der Waals surface area contributed by atoms with Crippen molar-refractivity contribution in [3.05, 3.63) is 10.9 Å². The van der Waals surface area contributed by atoms with Crippen LogP contribution in [-0.4, -0.2) is 42.6 Å². The van der Waals surface area contributed by atoms with Gasteiger partial charge < -0.3 is 28.5 Å². The van der Waals surface area contributed by atoms with E-state index in [0.29, 0.717) is 11.9 Å². The molecule has 2 aliphatic heterocycles. The van der Waals surface area contributed by atoms with Crippen LogP contribution in [-0.2, 0) is 23.4 Å². The topological polar surface area (TPSA) is 77.0 Å². The molecule has 2 saturated heterocycles. The van der Waals surface area contributed by atoms with E-state index in [-0.39, 0.29) is 5.47 Å². The van der Waals surface area contributed by atoms with Gasteiger partial charge in [0.1, 0.15) is 0 Å². The normalized spacial score (nSPS) is 25.3. The summed E-state index contributed by atoms with van der Waals surface area (Å²) in [7, 11) is -1.79. The summed E-state index contributed by atoms with van der Waals surface area (Å²) in [5.41, 5.74) is -1.89. The SMILES string of the molecule is CCCCCC/C(B1OC(C)(C)C(C)(C)O1)=C(/B1OC(C)(C)C(C)(C)O1)C(=O)[O-]. The zero-order valence-corrected chi connectivity index (χ0v) is 19.6.